The molecule has 1 N–H and O–H groups in total. The molecule has 2 rings (SSSR count). The van der Waals surface area contributed by atoms with Crippen LogP contribution in [0.15, 0.2) is 29.2 Å². The number of hydrogen-bond donors (Lipinski definition) is 1. The standard InChI is InChI=1S/C14H22N2S/c1-16(11-9-12-4-3-10-15-12)13-5-7-14(17-2)8-6-13/h5-8,12,15H,3-4,9-11H2,1-2H3. The molecule has 1 aromatic carbocycles. The van der Waals surface area contributed by atoms with Gasteiger partial charge in [-0.05, 0) is 56.3 Å². The van der Waals surface area contributed by atoms with Crippen LogP contribution >= 0.6 is 11.8 Å². The summed E-state index contributed by atoms with van der Waals surface area (Å²) in [6.45, 7) is 2.34. The molecule has 1 atom stereocenters. The van der Waals surface area contributed by atoms with Crippen LogP contribution in [-0.2, 0) is 0 Å². The second-order valence-electron chi connectivity index (χ2n) is 4.70. The maximum absolute atomic E-state index is 3.55. The van der Waals surface area contributed by atoms with Gasteiger partial charge in [0.05, 0.1) is 0 Å². The predicted octanol–water partition coefficient (Wildman–Crippen LogP) is 2.99. The summed E-state index contributed by atoms with van der Waals surface area (Å²) >= 11 is 1.79. The predicted molar refractivity (Wildman–Crippen MR) is 77.1 cm³/mol. The molecule has 1 unspecified atom stereocenters. The molecular weight excluding hydrogens is 228 g/mol. The fourth-order valence-electron chi connectivity index (χ4n) is 2.32. The summed E-state index contributed by atoms with van der Waals surface area (Å²) in [6, 6.07) is 9.57. The lowest BCUT2D eigenvalue weighted by Gasteiger charge is -2.21. The molecule has 0 spiro atoms. The number of nitrogens with one attached hydrogen (secondary N) is 1. The summed E-state index contributed by atoms with van der Waals surface area (Å²) in [6.07, 6.45) is 6.06. The Morgan fingerprint density at radius 2 is 2.12 bits per heavy atom. The van der Waals surface area contributed by atoms with E-state index in [4.69, 9.17) is 0 Å². The minimum absolute atomic E-state index is 0.739. The second kappa shape index (κ2) is 6.31. The zero-order chi connectivity index (χ0) is 12.1. The van der Waals surface area contributed by atoms with Gasteiger partial charge in [-0.3, -0.25) is 0 Å². The van der Waals surface area contributed by atoms with Crippen LogP contribution in [0, 0.1) is 0 Å². The van der Waals surface area contributed by atoms with Crippen molar-refractivity contribution in [3.05, 3.63) is 24.3 Å². The number of benzene rings is 1. The minimum Gasteiger partial charge on any atom is -0.375 e. The maximum Gasteiger partial charge on any atom is 0.0364 e. The molecule has 1 fully saturated rings. The molecule has 2 nitrogen and oxygen atoms in total. The Morgan fingerprint density at radius 3 is 2.71 bits per heavy atom. The van der Waals surface area contributed by atoms with E-state index in [1.54, 1.807) is 11.8 Å². The van der Waals surface area contributed by atoms with Gasteiger partial charge in [-0.2, -0.15) is 0 Å². The van der Waals surface area contributed by atoms with Crippen LogP contribution in [0.5, 0.6) is 0 Å². The molecule has 1 aliphatic rings. The number of anilines is 1. The van der Waals surface area contributed by atoms with Gasteiger partial charge in [0.15, 0.2) is 0 Å². The van der Waals surface area contributed by atoms with E-state index in [9.17, 15) is 0 Å². The molecule has 1 aliphatic heterocycles. The summed E-state index contributed by atoms with van der Waals surface area (Å²) in [5, 5.41) is 3.55. The first-order valence-corrected chi connectivity index (χ1v) is 7.60. The lowest BCUT2D eigenvalue weighted by atomic mass is 10.1. The zero-order valence-corrected chi connectivity index (χ0v) is 11.6. The average Bonchev–Trinajstić information content (AvgIpc) is 2.89. The summed E-state index contributed by atoms with van der Waals surface area (Å²) < 4.78 is 0. The smallest absolute Gasteiger partial charge is 0.0364 e. The molecule has 1 aromatic rings. The zero-order valence-electron chi connectivity index (χ0n) is 10.8. The van der Waals surface area contributed by atoms with Gasteiger partial charge in [-0.1, -0.05) is 0 Å². The Balaban J connectivity index is 1.83. The van der Waals surface area contributed by atoms with Crippen LogP contribution in [0.2, 0.25) is 0 Å². The van der Waals surface area contributed by atoms with Crippen molar-refractivity contribution in [2.24, 2.45) is 0 Å². The van der Waals surface area contributed by atoms with Crippen molar-refractivity contribution in [1.82, 2.24) is 5.32 Å². The Labute approximate surface area is 109 Å². The third-order valence-corrected chi connectivity index (χ3v) is 4.23. The molecular formula is C14H22N2S. The Bertz CT molecular complexity index is 331. The molecule has 0 aromatic heterocycles. The first kappa shape index (κ1) is 12.8. The van der Waals surface area contributed by atoms with Gasteiger partial charge in [-0.15, -0.1) is 11.8 Å². The van der Waals surface area contributed by atoms with Gasteiger partial charge in [0, 0.05) is 30.2 Å². The van der Waals surface area contributed by atoms with E-state index in [-0.39, 0.29) is 0 Å². The second-order valence-corrected chi connectivity index (χ2v) is 5.58. The van der Waals surface area contributed by atoms with Gasteiger partial charge in [0.2, 0.25) is 0 Å². The van der Waals surface area contributed by atoms with Crippen molar-refractivity contribution in [2.45, 2.75) is 30.2 Å². The third kappa shape index (κ3) is 3.65. The van der Waals surface area contributed by atoms with Gasteiger partial charge in [-0.25, -0.2) is 0 Å². The van der Waals surface area contributed by atoms with Crippen LogP contribution in [0.1, 0.15) is 19.3 Å². The highest BCUT2D eigenvalue weighted by atomic mass is 32.2. The molecule has 1 heterocycles. The monoisotopic (exact) mass is 250 g/mol. The number of rotatable bonds is 5. The van der Waals surface area contributed by atoms with Gasteiger partial charge < -0.3 is 10.2 Å². The van der Waals surface area contributed by atoms with Crippen LogP contribution in [0.4, 0.5) is 5.69 Å². The maximum atomic E-state index is 3.55. The van der Waals surface area contributed by atoms with Crippen molar-refractivity contribution in [3.8, 4) is 0 Å². The fraction of sp³-hybridized carbons (Fsp3) is 0.571. The van der Waals surface area contributed by atoms with E-state index in [0.717, 1.165) is 12.6 Å². The van der Waals surface area contributed by atoms with Crippen LogP contribution in [0.3, 0.4) is 0 Å². The number of nitrogens with zero attached hydrogens (tertiary/aromatic N) is 1. The quantitative estimate of drug-likeness (QED) is 0.809. The Morgan fingerprint density at radius 1 is 1.35 bits per heavy atom. The number of thioether (sulfide) groups is 1. The topological polar surface area (TPSA) is 15.3 Å². The average molecular weight is 250 g/mol. The molecule has 0 amide bonds. The van der Waals surface area contributed by atoms with Crippen molar-refractivity contribution in [2.75, 3.05) is 31.3 Å². The van der Waals surface area contributed by atoms with E-state index >= 15 is 0 Å². The molecule has 0 aliphatic carbocycles. The van der Waals surface area contributed by atoms with E-state index < -0.39 is 0 Å². The molecule has 94 valence electrons. The summed E-state index contributed by atoms with van der Waals surface area (Å²) in [4.78, 5) is 3.68. The highest BCUT2D eigenvalue weighted by molar-refractivity contribution is 7.98. The first-order valence-electron chi connectivity index (χ1n) is 6.38. The molecule has 0 bridgehead atoms. The third-order valence-electron chi connectivity index (χ3n) is 3.49. The van der Waals surface area contributed by atoms with Gasteiger partial charge in [0.1, 0.15) is 0 Å². The molecule has 3 heteroatoms. The van der Waals surface area contributed by atoms with Crippen molar-refractivity contribution in [1.29, 1.82) is 0 Å². The molecule has 0 radical (unpaired) electrons. The van der Waals surface area contributed by atoms with Crippen molar-refractivity contribution in [3.63, 3.8) is 0 Å². The van der Waals surface area contributed by atoms with E-state index in [1.165, 1.54) is 36.4 Å². The summed E-state index contributed by atoms with van der Waals surface area (Å²) in [5.41, 5.74) is 1.32. The van der Waals surface area contributed by atoms with Crippen molar-refractivity contribution >= 4 is 17.4 Å². The normalized spacial score (nSPS) is 19.5. The van der Waals surface area contributed by atoms with Crippen LogP contribution in [-0.4, -0.2) is 32.4 Å². The van der Waals surface area contributed by atoms with Gasteiger partial charge >= 0.3 is 0 Å². The van der Waals surface area contributed by atoms with Crippen molar-refractivity contribution < 1.29 is 0 Å². The first-order chi connectivity index (χ1) is 8.29. The highest BCUT2D eigenvalue weighted by Crippen LogP contribution is 2.20. The summed E-state index contributed by atoms with van der Waals surface area (Å²) in [7, 11) is 2.18. The highest BCUT2D eigenvalue weighted by Gasteiger charge is 2.14. The Hall–Kier alpha value is -0.670. The van der Waals surface area contributed by atoms with Crippen LogP contribution in [0.25, 0.3) is 0 Å². The van der Waals surface area contributed by atoms with E-state index in [2.05, 4.69) is 47.8 Å². The molecule has 0 saturated carbocycles. The largest absolute Gasteiger partial charge is 0.375 e. The van der Waals surface area contributed by atoms with E-state index in [0.29, 0.717) is 0 Å². The van der Waals surface area contributed by atoms with E-state index in [1.807, 2.05) is 0 Å². The number of hydrogen-bond acceptors (Lipinski definition) is 3. The lowest BCUT2D eigenvalue weighted by molar-refractivity contribution is 0.559. The SMILES string of the molecule is CSc1ccc(N(C)CCC2CCCN2)cc1. The molecule has 1 saturated heterocycles. The lowest BCUT2D eigenvalue weighted by Crippen LogP contribution is -2.28. The minimum atomic E-state index is 0.739. The molecule has 17 heavy (non-hydrogen) atoms. The Kier molecular flexibility index (Phi) is 4.75. The summed E-state index contributed by atoms with van der Waals surface area (Å²) in [5.74, 6) is 0. The van der Waals surface area contributed by atoms with Crippen LogP contribution < -0.4 is 10.2 Å². The fourth-order valence-corrected chi connectivity index (χ4v) is 2.73. The van der Waals surface area contributed by atoms with Gasteiger partial charge in [0.25, 0.3) is 0 Å².